The van der Waals surface area contributed by atoms with Gasteiger partial charge in [0.25, 0.3) is 0 Å². The average Bonchev–Trinajstić information content (AvgIpc) is 3.05. The molecule has 0 spiro atoms. The molecule has 1 aromatic carbocycles. The highest BCUT2D eigenvalue weighted by atomic mass is 79.9. The average molecular weight is 369 g/mol. The summed E-state index contributed by atoms with van der Waals surface area (Å²) in [5.74, 6) is 2.75. The molecule has 21 heavy (non-hydrogen) atoms. The Morgan fingerprint density at radius 3 is 3.10 bits per heavy atom. The fourth-order valence-electron chi connectivity index (χ4n) is 2.45. The molecular formula is C14H17BrN4OS. The summed E-state index contributed by atoms with van der Waals surface area (Å²) in [7, 11) is 0. The minimum atomic E-state index is 0.585. The van der Waals surface area contributed by atoms with Crippen LogP contribution in [0, 0.1) is 6.92 Å². The second-order valence-corrected chi connectivity index (χ2v) is 6.77. The molecular weight excluding hydrogens is 352 g/mol. The van der Waals surface area contributed by atoms with E-state index in [4.69, 9.17) is 10.5 Å². The minimum Gasteiger partial charge on any atom is -0.493 e. The van der Waals surface area contributed by atoms with E-state index in [0.29, 0.717) is 6.54 Å². The van der Waals surface area contributed by atoms with Crippen LogP contribution in [0.4, 0.5) is 0 Å². The van der Waals surface area contributed by atoms with E-state index >= 15 is 0 Å². The summed E-state index contributed by atoms with van der Waals surface area (Å²) < 4.78 is 8.92. The quantitative estimate of drug-likeness (QED) is 0.821. The van der Waals surface area contributed by atoms with Crippen LogP contribution in [0.3, 0.4) is 0 Å². The molecule has 3 rings (SSSR count). The topological polar surface area (TPSA) is 66.0 Å². The second kappa shape index (κ2) is 6.37. The van der Waals surface area contributed by atoms with Crippen LogP contribution in [0.2, 0.25) is 0 Å². The summed E-state index contributed by atoms with van der Waals surface area (Å²) in [4.78, 5) is 0. The molecule has 2 aromatic rings. The zero-order valence-corrected chi connectivity index (χ0v) is 14.2. The van der Waals surface area contributed by atoms with Gasteiger partial charge in [-0.15, -0.1) is 10.2 Å². The van der Waals surface area contributed by atoms with Gasteiger partial charge < -0.3 is 15.0 Å². The Labute approximate surface area is 136 Å². The van der Waals surface area contributed by atoms with Crippen molar-refractivity contribution in [3.63, 3.8) is 0 Å². The normalized spacial score (nSPS) is 13.3. The fraction of sp³-hybridized carbons (Fsp3) is 0.429. The molecule has 0 amide bonds. The first-order valence-electron chi connectivity index (χ1n) is 6.86. The highest BCUT2D eigenvalue weighted by Gasteiger charge is 2.18. The van der Waals surface area contributed by atoms with E-state index in [1.807, 2.05) is 6.92 Å². The molecule has 2 N–H and O–H groups in total. The van der Waals surface area contributed by atoms with Crippen LogP contribution in [0.15, 0.2) is 21.8 Å². The number of benzene rings is 1. The van der Waals surface area contributed by atoms with E-state index in [1.165, 1.54) is 11.1 Å². The second-order valence-electron chi connectivity index (χ2n) is 4.91. The van der Waals surface area contributed by atoms with Crippen molar-refractivity contribution < 1.29 is 4.74 Å². The Morgan fingerprint density at radius 2 is 2.29 bits per heavy atom. The van der Waals surface area contributed by atoms with Gasteiger partial charge in [-0.3, -0.25) is 0 Å². The Hall–Kier alpha value is -1.05. The molecule has 0 bridgehead atoms. The molecule has 0 aliphatic carbocycles. The van der Waals surface area contributed by atoms with Crippen LogP contribution in [0.1, 0.15) is 17.0 Å². The van der Waals surface area contributed by atoms with Crippen LogP contribution >= 0.6 is 27.7 Å². The molecule has 0 saturated heterocycles. The van der Waals surface area contributed by atoms with Crippen molar-refractivity contribution in [3.05, 3.63) is 33.6 Å². The first kappa shape index (κ1) is 14.9. The van der Waals surface area contributed by atoms with Gasteiger partial charge in [0.05, 0.1) is 6.61 Å². The van der Waals surface area contributed by atoms with E-state index in [9.17, 15) is 0 Å². The number of fused-ring (bicyclic) bond motifs is 1. The highest BCUT2D eigenvalue weighted by molar-refractivity contribution is 9.10. The number of thioether (sulfide) groups is 1. The number of halogens is 1. The summed E-state index contributed by atoms with van der Waals surface area (Å²) in [5, 5.41) is 9.27. The number of nitrogens with zero attached hydrogens (tertiary/aromatic N) is 3. The molecule has 5 nitrogen and oxygen atoms in total. The van der Waals surface area contributed by atoms with E-state index in [0.717, 1.165) is 46.5 Å². The predicted molar refractivity (Wildman–Crippen MR) is 86.7 cm³/mol. The van der Waals surface area contributed by atoms with Gasteiger partial charge in [0.1, 0.15) is 11.6 Å². The molecule has 7 heteroatoms. The van der Waals surface area contributed by atoms with Crippen LogP contribution in [0.5, 0.6) is 5.75 Å². The van der Waals surface area contributed by atoms with E-state index in [2.05, 4.69) is 42.8 Å². The van der Waals surface area contributed by atoms with Crippen molar-refractivity contribution in [1.82, 2.24) is 14.8 Å². The molecule has 0 atom stereocenters. The summed E-state index contributed by atoms with van der Waals surface area (Å²) >= 11 is 5.24. The number of hydrogen-bond acceptors (Lipinski definition) is 5. The van der Waals surface area contributed by atoms with Gasteiger partial charge in [0.15, 0.2) is 5.16 Å². The predicted octanol–water partition coefficient (Wildman–Crippen LogP) is 2.53. The van der Waals surface area contributed by atoms with Gasteiger partial charge in [-0.25, -0.2) is 0 Å². The number of aryl methyl sites for hydroxylation is 1. The maximum atomic E-state index is 5.76. The monoisotopic (exact) mass is 368 g/mol. The summed E-state index contributed by atoms with van der Waals surface area (Å²) in [6.45, 7) is 4.05. The Morgan fingerprint density at radius 1 is 1.43 bits per heavy atom. The molecule has 0 saturated carbocycles. The lowest BCUT2D eigenvalue weighted by Gasteiger charge is -2.10. The third-order valence-electron chi connectivity index (χ3n) is 3.44. The third-order valence-corrected chi connectivity index (χ3v) is 4.91. The summed E-state index contributed by atoms with van der Waals surface area (Å²) in [6.07, 6.45) is 0.981. The zero-order valence-electron chi connectivity index (χ0n) is 11.8. The van der Waals surface area contributed by atoms with Gasteiger partial charge in [0, 0.05) is 35.3 Å². The lowest BCUT2D eigenvalue weighted by molar-refractivity contribution is 0.354. The van der Waals surface area contributed by atoms with Gasteiger partial charge >= 0.3 is 0 Å². The molecule has 2 heterocycles. The number of ether oxygens (including phenoxy) is 1. The minimum absolute atomic E-state index is 0.585. The molecule has 1 aliphatic rings. The van der Waals surface area contributed by atoms with Crippen LogP contribution in [0.25, 0.3) is 0 Å². The first-order chi connectivity index (χ1) is 10.2. The van der Waals surface area contributed by atoms with Crippen molar-refractivity contribution in [3.8, 4) is 5.75 Å². The van der Waals surface area contributed by atoms with Gasteiger partial charge in [-0.05, 0) is 24.6 Å². The van der Waals surface area contributed by atoms with Crippen molar-refractivity contribution in [2.24, 2.45) is 5.73 Å². The molecule has 1 aromatic heterocycles. The van der Waals surface area contributed by atoms with Crippen molar-refractivity contribution in [2.45, 2.75) is 30.8 Å². The maximum absolute atomic E-state index is 5.76. The highest BCUT2D eigenvalue weighted by Crippen LogP contribution is 2.36. The van der Waals surface area contributed by atoms with Gasteiger partial charge in [0.2, 0.25) is 0 Å². The van der Waals surface area contributed by atoms with Crippen molar-refractivity contribution in [2.75, 3.05) is 13.2 Å². The van der Waals surface area contributed by atoms with Gasteiger partial charge in [-0.1, -0.05) is 27.7 Å². The Kier molecular flexibility index (Phi) is 4.51. The van der Waals surface area contributed by atoms with Crippen LogP contribution in [-0.4, -0.2) is 27.9 Å². The molecule has 0 unspecified atom stereocenters. The number of rotatable bonds is 5. The fourth-order valence-corrected chi connectivity index (χ4v) is 3.98. The molecule has 112 valence electrons. The maximum Gasteiger partial charge on any atom is 0.191 e. The number of nitrogens with two attached hydrogens (primary N) is 1. The molecule has 0 fully saturated rings. The third kappa shape index (κ3) is 3.09. The lowest BCUT2D eigenvalue weighted by atomic mass is 10.1. The number of hydrogen-bond donors (Lipinski definition) is 1. The van der Waals surface area contributed by atoms with Gasteiger partial charge in [-0.2, -0.15) is 0 Å². The summed E-state index contributed by atoms with van der Waals surface area (Å²) in [5.41, 5.74) is 8.12. The summed E-state index contributed by atoms with van der Waals surface area (Å²) in [6, 6.07) is 4.26. The van der Waals surface area contributed by atoms with Crippen LogP contribution < -0.4 is 10.5 Å². The Bertz CT molecular complexity index is 659. The SMILES string of the molecule is Cc1nnc(SCc2cc(Br)cc3c2OCC3)n1CCN. The van der Waals surface area contributed by atoms with E-state index < -0.39 is 0 Å². The first-order valence-corrected chi connectivity index (χ1v) is 8.63. The number of aromatic nitrogens is 3. The van der Waals surface area contributed by atoms with E-state index in [1.54, 1.807) is 11.8 Å². The Balaban J connectivity index is 1.80. The molecule has 0 radical (unpaired) electrons. The smallest absolute Gasteiger partial charge is 0.191 e. The lowest BCUT2D eigenvalue weighted by Crippen LogP contribution is -2.12. The van der Waals surface area contributed by atoms with E-state index in [-0.39, 0.29) is 0 Å². The van der Waals surface area contributed by atoms with Crippen LogP contribution in [-0.2, 0) is 18.7 Å². The largest absolute Gasteiger partial charge is 0.493 e. The zero-order chi connectivity index (χ0) is 14.8. The standard InChI is InChI=1S/C14H17BrN4OS/c1-9-17-18-14(19(9)4-3-16)21-8-11-7-12(15)6-10-2-5-20-13(10)11/h6-7H,2-5,8,16H2,1H3. The van der Waals surface area contributed by atoms with Crippen molar-refractivity contribution in [1.29, 1.82) is 0 Å². The molecule has 1 aliphatic heterocycles. The van der Waals surface area contributed by atoms with Crippen molar-refractivity contribution >= 4 is 27.7 Å².